The number of benzene rings is 2. The van der Waals surface area contributed by atoms with Crippen molar-refractivity contribution >= 4 is 24.1 Å². The van der Waals surface area contributed by atoms with E-state index in [1.165, 1.54) is 11.1 Å². The summed E-state index contributed by atoms with van der Waals surface area (Å²) in [5, 5.41) is 5.81. The van der Waals surface area contributed by atoms with E-state index >= 15 is 0 Å². The lowest BCUT2D eigenvalue weighted by atomic mass is 9.80. The van der Waals surface area contributed by atoms with Gasteiger partial charge in [-0.3, -0.25) is 19.4 Å². The smallest absolute Gasteiger partial charge is 0.407 e. The van der Waals surface area contributed by atoms with E-state index in [2.05, 4.69) is 20.4 Å². The number of primary amides is 1. The van der Waals surface area contributed by atoms with Crippen molar-refractivity contribution in [3.8, 4) is 23.0 Å². The second-order valence-electron chi connectivity index (χ2n) is 17.7. The maximum Gasteiger partial charge on any atom is 0.407 e. The van der Waals surface area contributed by atoms with Gasteiger partial charge in [-0.05, 0) is 121 Å². The Bertz CT molecular complexity index is 1880. The Kier molecular flexibility index (Phi) is 14.7. The van der Waals surface area contributed by atoms with Crippen molar-refractivity contribution in [2.24, 2.45) is 17.6 Å². The summed E-state index contributed by atoms with van der Waals surface area (Å²) in [6.07, 6.45) is 1.78. The van der Waals surface area contributed by atoms with Gasteiger partial charge in [-0.2, -0.15) is 0 Å². The zero-order valence-electron chi connectivity index (χ0n) is 37.1. The molecule has 4 aliphatic heterocycles. The summed E-state index contributed by atoms with van der Waals surface area (Å²) in [6, 6.07) is 7.36. The van der Waals surface area contributed by atoms with Crippen LogP contribution in [0.15, 0.2) is 24.3 Å². The summed E-state index contributed by atoms with van der Waals surface area (Å²) in [7, 11) is 6.49. The standard InChI is InChI=1S/C23H34N2O6.C21H31N3O5/c1-7-30-21(26)16-13-25-9-8-14-10-19(28-5)20(29-6)11-15(14)18(25)12-17(16)24-22(27)31-23(2,3)4;1-21(2,3)29-20(26)23-15-10-16-13-9-18(28-5)17(27-4)8-12(13)6-7-24(16)11-14(15)19(22)25/h10-11,16-18H,7-9,12-13H2,1-6H3,(H,24,27);8-9,14-16H,6-7,10-11H2,1-5H3,(H2,22,25)(H,23,26)/t16-,17-,18-;14-,15-,16-/m00/s1. The van der Waals surface area contributed by atoms with E-state index < -0.39 is 53.2 Å². The molecule has 0 aliphatic carbocycles. The molecule has 0 radical (unpaired) electrons. The molecule has 0 bridgehead atoms. The predicted molar refractivity (Wildman–Crippen MR) is 223 cm³/mol. The van der Waals surface area contributed by atoms with Gasteiger partial charge < -0.3 is 49.5 Å². The van der Waals surface area contributed by atoms with Gasteiger partial charge in [-0.1, -0.05) is 0 Å². The lowest BCUT2D eigenvalue weighted by Gasteiger charge is -2.46. The third kappa shape index (κ3) is 11.0. The zero-order valence-corrected chi connectivity index (χ0v) is 37.1. The van der Waals surface area contributed by atoms with E-state index in [0.717, 1.165) is 37.1 Å². The lowest BCUT2D eigenvalue weighted by molar-refractivity contribution is -0.152. The first-order chi connectivity index (χ1) is 28.3. The molecule has 0 unspecified atom stereocenters. The minimum atomic E-state index is -0.619. The van der Waals surface area contributed by atoms with Gasteiger partial charge >= 0.3 is 18.2 Å². The number of alkyl carbamates (subject to hydrolysis) is 2. The van der Waals surface area contributed by atoms with E-state index in [4.69, 9.17) is 38.9 Å². The number of methoxy groups -OCH3 is 4. The van der Waals surface area contributed by atoms with Crippen LogP contribution in [0.5, 0.6) is 23.0 Å². The fourth-order valence-electron chi connectivity index (χ4n) is 8.73. The first kappa shape index (κ1) is 46.1. The molecular weight excluding hydrogens is 775 g/mol. The quantitative estimate of drug-likeness (QED) is 0.224. The highest BCUT2D eigenvalue weighted by Gasteiger charge is 2.45. The molecule has 4 N–H and O–H groups in total. The number of carbonyl (C=O) groups is 4. The van der Waals surface area contributed by atoms with Crippen molar-refractivity contribution in [1.29, 1.82) is 0 Å². The number of amides is 3. The number of nitrogens with two attached hydrogens (primary N) is 1. The summed E-state index contributed by atoms with van der Waals surface area (Å²) in [4.78, 5) is 54.2. The zero-order chi connectivity index (χ0) is 44.1. The fourth-order valence-corrected chi connectivity index (χ4v) is 8.73. The van der Waals surface area contributed by atoms with E-state index in [1.807, 2.05) is 45.0 Å². The number of nitrogens with one attached hydrogen (secondary N) is 2. The molecule has 16 heteroatoms. The summed E-state index contributed by atoms with van der Waals surface area (Å²) in [6.45, 7) is 15.6. The Morgan fingerprint density at radius 1 is 0.650 bits per heavy atom. The van der Waals surface area contributed by atoms with E-state index in [0.29, 0.717) is 55.5 Å². The van der Waals surface area contributed by atoms with Crippen LogP contribution in [0.3, 0.4) is 0 Å². The van der Waals surface area contributed by atoms with Gasteiger partial charge in [0.1, 0.15) is 11.2 Å². The monoisotopic (exact) mass is 839 g/mol. The van der Waals surface area contributed by atoms with E-state index in [1.54, 1.807) is 56.1 Å². The molecule has 4 heterocycles. The highest BCUT2D eigenvalue weighted by molar-refractivity contribution is 5.79. The Hall–Kier alpha value is -4.96. The second-order valence-corrected chi connectivity index (χ2v) is 17.7. The molecular formula is C44H65N5O11. The van der Waals surface area contributed by atoms with Gasteiger partial charge in [0.05, 0.1) is 46.9 Å². The molecule has 16 nitrogen and oxygen atoms in total. The predicted octanol–water partition coefficient (Wildman–Crippen LogP) is 5.08. The summed E-state index contributed by atoms with van der Waals surface area (Å²) < 4.78 is 38.0. The molecule has 4 aliphatic rings. The Morgan fingerprint density at radius 3 is 1.40 bits per heavy atom. The third-order valence-electron chi connectivity index (χ3n) is 11.4. The maximum atomic E-state index is 12.7. The van der Waals surface area contributed by atoms with Gasteiger partial charge in [-0.25, -0.2) is 9.59 Å². The van der Waals surface area contributed by atoms with Gasteiger partial charge in [0.25, 0.3) is 0 Å². The minimum Gasteiger partial charge on any atom is -0.493 e. The lowest BCUT2D eigenvalue weighted by Crippen LogP contribution is -2.57. The number of nitrogens with zero attached hydrogens (tertiary/aromatic N) is 2. The maximum absolute atomic E-state index is 12.7. The van der Waals surface area contributed by atoms with Crippen molar-refractivity contribution in [2.75, 3.05) is 61.2 Å². The van der Waals surface area contributed by atoms with Crippen LogP contribution in [0.1, 0.15) is 95.6 Å². The van der Waals surface area contributed by atoms with Gasteiger partial charge in [0.15, 0.2) is 23.0 Å². The summed E-state index contributed by atoms with van der Waals surface area (Å²) in [5.74, 6) is 1.12. The van der Waals surface area contributed by atoms with E-state index in [9.17, 15) is 19.2 Å². The molecule has 2 saturated heterocycles. The number of carbonyl (C=O) groups excluding carboxylic acids is 4. The number of esters is 1. The minimum absolute atomic E-state index is 0.0501. The number of fused-ring (bicyclic) bond motifs is 6. The SMILES string of the molecule is CCOC(=O)[C@H]1CN2CCc3cc(OC)c(OC)cc3[C@@H]2C[C@@H]1NC(=O)OC(C)(C)C.COc1cc2c(cc1OC)[C@@H]1C[C@H](NC(=O)OC(C)(C)C)[C@@H](C(N)=O)CN1CC2. The second kappa shape index (κ2) is 19.2. The number of piperidine rings is 2. The van der Waals surface area contributed by atoms with Gasteiger partial charge in [-0.15, -0.1) is 0 Å². The number of rotatable bonds is 9. The van der Waals surface area contributed by atoms with Crippen molar-refractivity contribution < 1.29 is 52.3 Å². The molecule has 332 valence electrons. The molecule has 6 atom stereocenters. The Balaban J connectivity index is 0.000000228. The Morgan fingerprint density at radius 2 is 1.03 bits per heavy atom. The van der Waals surface area contributed by atoms with E-state index in [-0.39, 0.29) is 18.1 Å². The van der Waals surface area contributed by atoms with Crippen molar-refractivity contribution in [1.82, 2.24) is 20.4 Å². The van der Waals surface area contributed by atoms with Crippen molar-refractivity contribution in [2.45, 2.75) is 110 Å². The topological polar surface area (TPSA) is 189 Å². The Labute approximate surface area is 354 Å². The average Bonchev–Trinajstić information content (AvgIpc) is 3.17. The average molecular weight is 840 g/mol. The van der Waals surface area contributed by atoms with Crippen LogP contribution in [0.25, 0.3) is 0 Å². The first-order valence-electron chi connectivity index (χ1n) is 20.7. The largest absolute Gasteiger partial charge is 0.493 e. The van der Waals surface area contributed by atoms with Crippen molar-refractivity contribution in [3.63, 3.8) is 0 Å². The third-order valence-corrected chi connectivity index (χ3v) is 11.4. The van der Waals surface area contributed by atoms with Crippen LogP contribution in [0.2, 0.25) is 0 Å². The molecule has 0 saturated carbocycles. The summed E-state index contributed by atoms with van der Waals surface area (Å²) in [5.41, 5.74) is 9.09. The van der Waals surface area contributed by atoms with Gasteiger partial charge in [0.2, 0.25) is 5.91 Å². The van der Waals surface area contributed by atoms with Gasteiger partial charge in [0, 0.05) is 50.3 Å². The van der Waals surface area contributed by atoms with Crippen LogP contribution >= 0.6 is 0 Å². The summed E-state index contributed by atoms with van der Waals surface area (Å²) >= 11 is 0. The van der Waals surface area contributed by atoms with Crippen LogP contribution in [0.4, 0.5) is 9.59 Å². The van der Waals surface area contributed by atoms with Crippen LogP contribution in [0, 0.1) is 11.8 Å². The van der Waals surface area contributed by atoms with Crippen LogP contribution in [-0.2, 0) is 36.6 Å². The number of ether oxygens (including phenoxy) is 7. The molecule has 0 aromatic heterocycles. The highest BCUT2D eigenvalue weighted by Crippen LogP contribution is 2.44. The fraction of sp³-hybridized carbons (Fsp3) is 0.636. The normalized spacial score (nSPS) is 23.6. The van der Waals surface area contributed by atoms with Crippen LogP contribution in [-0.4, -0.2) is 118 Å². The molecule has 60 heavy (non-hydrogen) atoms. The first-order valence-corrected chi connectivity index (χ1v) is 20.7. The number of hydrogen-bond acceptors (Lipinski definition) is 13. The highest BCUT2D eigenvalue weighted by atomic mass is 16.6. The molecule has 2 fully saturated rings. The number of hydrogen-bond donors (Lipinski definition) is 3. The van der Waals surface area contributed by atoms with Crippen molar-refractivity contribution in [3.05, 3.63) is 46.5 Å². The molecule has 3 amide bonds. The van der Waals surface area contributed by atoms with Crippen LogP contribution < -0.4 is 35.3 Å². The molecule has 6 rings (SSSR count). The molecule has 2 aromatic rings. The molecule has 2 aromatic carbocycles. The molecule has 0 spiro atoms.